The molecule has 0 saturated carbocycles. The van der Waals surface area contributed by atoms with E-state index >= 15 is 0 Å². The Morgan fingerprint density at radius 1 is 0.923 bits per heavy atom. The number of cyclic esters (lactones) is 1. The first-order valence-electron chi connectivity index (χ1n) is 7.96. The Hall–Kier alpha value is -3.28. The lowest BCUT2D eigenvalue weighted by molar-refractivity contribution is -0.129. The lowest BCUT2D eigenvalue weighted by atomic mass is 10.1. The Kier molecular flexibility index (Phi) is 4.93. The third kappa shape index (κ3) is 3.26. The number of carbonyl (C=O) groups excluding carboxylic acids is 1. The van der Waals surface area contributed by atoms with Crippen LogP contribution < -0.4 is 14.2 Å². The highest BCUT2D eigenvalue weighted by molar-refractivity contribution is 6.13. The molecule has 26 heavy (non-hydrogen) atoms. The number of methoxy groups -OCH3 is 3. The van der Waals surface area contributed by atoms with Crippen LogP contribution in [-0.4, -0.2) is 33.2 Å². The average molecular weight is 353 g/mol. The molecule has 0 unspecified atom stereocenters. The van der Waals surface area contributed by atoms with Crippen molar-refractivity contribution in [3.63, 3.8) is 0 Å². The second-order valence-electron chi connectivity index (χ2n) is 5.63. The number of carbonyl (C=O) groups is 1. The maximum atomic E-state index is 12.2. The lowest BCUT2D eigenvalue weighted by Gasteiger charge is -2.14. The molecule has 1 heterocycles. The van der Waals surface area contributed by atoms with Gasteiger partial charge in [-0.15, -0.1) is 0 Å². The Labute approximate surface area is 151 Å². The second-order valence-corrected chi connectivity index (χ2v) is 5.63. The van der Waals surface area contributed by atoms with Gasteiger partial charge in [0.05, 0.1) is 21.3 Å². The van der Waals surface area contributed by atoms with Crippen molar-refractivity contribution in [3.8, 4) is 17.2 Å². The largest absolute Gasteiger partial charge is 0.493 e. The molecule has 0 amide bonds. The summed E-state index contributed by atoms with van der Waals surface area (Å²) in [6.07, 6.45) is 1.60. The molecule has 0 bridgehead atoms. The molecule has 2 aromatic carbocycles. The Morgan fingerprint density at radius 3 is 2.23 bits per heavy atom. The van der Waals surface area contributed by atoms with Gasteiger partial charge >= 0.3 is 5.97 Å². The quantitative estimate of drug-likeness (QED) is 0.609. The van der Waals surface area contributed by atoms with Crippen LogP contribution in [0.2, 0.25) is 0 Å². The number of nitrogens with zero attached hydrogens (tertiary/aromatic N) is 1. The smallest absolute Gasteiger partial charge is 0.363 e. The van der Waals surface area contributed by atoms with Crippen LogP contribution in [0.15, 0.2) is 47.1 Å². The molecule has 0 saturated heterocycles. The molecule has 0 N–H and O–H groups in total. The molecule has 0 aliphatic carbocycles. The minimum atomic E-state index is -0.516. The van der Waals surface area contributed by atoms with Crippen LogP contribution in [0, 0.1) is 6.92 Å². The van der Waals surface area contributed by atoms with E-state index in [4.69, 9.17) is 18.9 Å². The highest BCUT2D eigenvalue weighted by Gasteiger charge is 2.25. The summed E-state index contributed by atoms with van der Waals surface area (Å²) in [6.45, 7) is 1.99. The summed E-state index contributed by atoms with van der Waals surface area (Å²) < 4.78 is 21.3. The topological polar surface area (TPSA) is 66.4 Å². The van der Waals surface area contributed by atoms with E-state index in [0.717, 1.165) is 11.1 Å². The SMILES string of the molecule is COc1ccc(/C=C2\N=C(c3ccc(C)cc3)OC2=O)c(OC)c1OC. The molecule has 3 rings (SSSR count). The van der Waals surface area contributed by atoms with E-state index in [1.54, 1.807) is 25.3 Å². The summed E-state index contributed by atoms with van der Waals surface area (Å²) >= 11 is 0. The number of rotatable bonds is 5. The Bertz CT molecular complexity index is 897. The monoisotopic (exact) mass is 353 g/mol. The predicted molar refractivity (Wildman–Crippen MR) is 97.9 cm³/mol. The molecular weight excluding hydrogens is 334 g/mol. The van der Waals surface area contributed by atoms with E-state index in [0.29, 0.717) is 22.8 Å². The molecular formula is C20H19NO5. The first-order valence-corrected chi connectivity index (χ1v) is 7.96. The Morgan fingerprint density at radius 2 is 1.62 bits per heavy atom. The van der Waals surface area contributed by atoms with Gasteiger partial charge in [0.1, 0.15) is 0 Å². The molecule has 0 aromatic heterocycles. The van der Waals surface area contributed by atoms with Crippen LogP contribution in [0.5, 0.6) is 17.2 Å². The van der Waals surface area contributed by atoms with Crippen LogP contribution in [0.1, 0.15) is 16.7 Å². The maximum absolute atomic E-state index is 12.2. The van der Waals surface area contributed by atoms with E-state index in [1.807, 2.05) is 31.2 Å². The van der Waals surface area contributed by atoms with Crippen LogP contribution >= 0.6 is 0 Å². The summed E-state index contributed by atoms with van der Waals surface area (Å²) in [6, 6.07) is 11.1. The van der Waals surface area contributed by atoms with Crippen molar-refractivity contribution < 1.29 is 23.7 Å². The van der Waals surface area contributed by atoms with Crippen molar-refractivity contribution in [2.24, 2.45) is 4.99 Å². The van der Waals surface area contributed by atoms with E-state index in [-0.39, 0.29) is 11.6 Å². The van der Waals surface area contributed by atoms with Gasteiger partial charge in [0.2, 0.25) is 11.6 Å². The molecule has 6 nitrogen and oxygen atoms in total. The molecule has 134 valence electrons. The number of aliphatic imine (C=N–C) groups is 1. The molecule has 2 aromatic rings. The summed E-state index contributed by atoms with van der Waals surface area (Å²) in [5.74, 6) is 1.19. The zero-order valence-corrected chi connectivity index (χ0v) is 15.0. The van der Waals surface area contributed by atoms with Crippen molar-refractivity contribution in [3.05, 3.63) is 58.8 Å². The lowest BCUT2D eigenvalue weighted by Crippen LogP contribution is -2.05. The van der Waals surface area contributed by atoms with E-state index in [2.05, 4.69) is 4.99 Å². The summed E-state index contributed by atoms with van der Waals surface area (Å²) in [4.78, 5) is 16.5. The predicted octanol–water partition coefficient (Wildman–Crippen LogP) is 3.37. The zero-order valence-electron chi connectivity index (χ0n) is 15.0. The van der Waals surface area contributed by atoms with Crippen LogP contribution in [0.3, 0.4) is 0 Å². The number of ether oxygens (including phenoxy) is 4. The van der Waals surface area contributed by atoms with Crippen molar-refractivity contribution in [1.82, 2.24) is 0 Å². The standard InChI is InChI=1S/C20H19NO5/c1-12-5-7-13(8-6-12)19-21-15(20(22)26-19)11-14-9-10-16(23-2)18(25-4)17(14)24-3/h5-11H,1-4H3/b15-11-. The van der Waals surface area contributed by atoms with Gasteiger partial charge in [0, 0.05) is 11.1 Å². The molecule has 6 heteroatoms. The summed E-state index contributed by atoms with van der Waals surface area (Å²) in [5, 5.41) is 0. The minimum absolute atomic E-state index is 0.186. The van der Waals surface area contributed by atoms with Crippen LogP contribution in [-0.2, 0) is 9.53 Å². The first-order chi connectivity index (χ1) is 12.6. The zero-order chi connectivity index (χ0) is 18.7. The third-order valence-electron chi connectivity index (χ3n) is 3.95. The molecule has 0 radical (unpaired) electrons. The van der Waals surface area contributed by atoms with Gasteiger partial charge < -0.3 is 18.9 Å². The van der Waals surface area contributed by atoms with Crippen LogP contribution in [0.4, 0.5) is 0 Å². The van der Waals surface area contributed by atoms with Gasteiger partial charge in [-0.05, 0) is 37.3 Å². The van der Waals surface area contributed by atoms with Crippen molar-refractivity contribution in [2.45, 2.75) is 6.92 Å². The number of benzene rings is 2. The van der Waals surface area contributed by atoms with E-state index < -0.39 is 5.97 Å². The van der Waals surface area contributed by atoms with Crippen molar-refractivity contribution in [2.75, 3.05) is 21.3 Å². The van der Waals surface area contributed by atoms with Gasteiger partial charge in [-0.3, -0.25) is 0 Å². The highest BCUT2D eigenvalue weighted by Crippen LogP contribution is 2.40. The maximum Gasteiger partial charge on any atom is 0.363 e. The summed E-state index contributed by atoms with van der Waals surface area (Å²) in [7, 11) is 4.59. The van der Waals surface area contributed by atoms with Gasteiger partial charge in [-0.1, -0.05) is 17.7 Å². The number of hydrogen-bond donors (Lipinski definition) is 0. The number of esters is 1. The second kappa shape index (κ2) is 7.31. The summed E-state index contributed by atoms with van der Waals surface area (Å²) in [5.41, 5.74) is 2.67. The van der Waals surface area contributed by atoms with Gasteiger partial charge in [0.25, 0.3) is 0 Å². The molecule has 0 fully saturated rings. The van der Waals surface area contributed by atoms with Crippen LogP contribution in [0.25, 0.3) is 6.08 Å². The van der Waals surface area contributed by atoms with Gasteiger partial charge in [-0.25, -0.2) is 9.79 Å². The third-order valence-corrected chi connectivity index (χ3v) is 3.95. The average Bonchev–Trinajstić information content (AvgIpc) is 3.02. The van der Waals surface area contributed by atoms with Crippen molar-refractivity contribution >= 4 is 17.9 Å². The molecule has 1 aliphatic heterocycles. The molecule has 0 spiro atoms. The highest BCUT2D eigenvalue weighted by atomic mass is 16.6. The van der Waals surface area contributed by atoms with E-state index in [9.17, 15) is 4.79 Å². The minimum Gasteiger partial charge on any atom is -0.493 e. The fourth-order valence-electron chi connectivity index (χ4n) is 2.61. The molecule has 1 aliphatic rings. The fourth-order valence-corrected chi connectivity index (χ4v) is 2.61. The van der Waals surface area contributed by atoms with E-state index in [1.165, 1.54) is 14.2 Å². The first kappa shape index (κ1) is 17.5. The van der Waals surface area contributed by atoms with Gasteiger partial charge in [-0.2, -0.15) is 0 Å². The van der Waals surface area contributed by atoms with Crippen molar-refractivity contribution in [1.29, 1.82) is 0 Å². The number of hydrogen-bond acceptors (Lipinski definition) is 6. The Balaban J connectivity index is 2.02. The normalized spacial score (nSPS) is 14.8. The fraction of sp³-hybridized carbons (Fsp3) is 0.200. The number of aryl methyl sites for hydroxylation is 1. The van der Waals surface area contributed by atoms with Gasteiger partial charge in [0.15, 0.2) is 17.2 Å². The molecule has 0 atom stereocenters.